The molecule has 1 aromatic carbocycles. The molecular formula is C14H14N2O3. The summed E-state index contributed by atoms with van der Waals surface area (Å²) in [6, 6.07) is 7.24. The third-order valence-corrected chi connectivity index (χ3v) is 3.08. The molecule has 19 heavy (non-hydrogen) atoms. The van der Waals surface area contributed by atoms with Crippen LogP contribution < -0.4 is 10.2 Å². The van der Waals surface area contributed by atoms with Crippen molar-refractivity contribution in [1.82, 2.24) is 5.32 Å². The van der Waals surface area contributed by atoms with Gasteiger partial charge in [0.2, 0.25) is 5.91 Å². The van der Waals surface area contributed by atoms with Crippen LogP contribution in [0.25, 0.3) is 0 Å². The van der Waals surface area contributed by atoms with Crippen LogP contribution in [-0.2, 0) is 9.59 Å². The highest BCUT2D eigenvalue weighted by Gasteiger charge is 2.33. The molecule has 1 unspecified atom stereocenters. The Morgan fingerprint density at radius 1 is 1.47 bits per heavy atom. The lowest BCUT2D eigenvalue weighted by Gasteiger charge is -2.18. The van der Waals surface area contributed by atoms with Gasteiger partial charge >= 0.3 is 5.97 Å². The Morgan fingerprint density at radius 3 is 2.89 bits per heavy atom. The summed E-state index contributed by atoms with van der Waals surface area (Å²) in [5.41, 5.74) is 1.55. The molecule has 1 aliphatic heterocycles. The minimum atomic E-state index is -0.876. The fraction of sp³-hybridized carbons (Fsp3) is 0.286. The van der Waals surface area contributed by atoms with Crippen molar-refractivity contribution in [2.45, 2.75) is 5.92 Å². The number of hydrogen-bond acceptors (Lipinski definition) is 3. The van der Waals surface area contributed by atoms with Crippen LogP contribution in [0.4, 0.5) is 5.69 Å². The molecule has 1 atom stereocenters. The van der Waals surface area contributed by atoms with Gasteiger partial charge in [0.05, 0.1) is 13.1 Å². The van der Waals surface area contributed by atoms with Crippen molar-refractivity contribution in [3.05, 3.63) is 29.8 Å². The van der Waals surface area contributed by atoms with Gasteiger partial charge in [0.15, 0.2) is 0 Å². The number of anilines is 1. The van der Waals surface area contributed by atoms with Crippen molar-refractivity contribution in [3.63, 3.8) is 0 Å². The maximum Gasteiger partial charge on any atom is 0.312 e. The lowest BCUT2D eigenvalue weighted by molar-refractivity contribution is -0.138. The van der Waals surface area contributed by atoms with Crippen LogP contribution in [0.1, 0.15) is 11.5 Å². The molecule has 1 amide bonds. The lowest BCUT2D eigenvalue weighted by Crippen LogP contribution is -2.37. The van der Waals surface area contributed by atoms with E-state index < -0.39 is 11.9 Å². The molecule has 0 aliphatic carbocycles. The third-order valence-electron chi connectivity index (χ3n) is 3.08. The molecule has 1 aromatic rings. The number of terminal acetylenes is 1. The zero-order chi connectivity index (χ0) is 13.8. The van der Waals surface area contributed by atoms with E-state index in [-0.39, 0.29) is 19.0 Å². The van der Waals surface area contributed by atoms with E-state index in [2.05, 4.69) is 11.2 Å². The number of carbonyl (C=O) groups excluding carboxylic acids is 1. The number of hydrogen-bond donors (Lipinski definition) is 2. The Labute approximate surface area is 111 Å². The molecule has 0 saturated carbocycles. The monoisotopic (exact) mass is 258 g/mol. The summed E-state index contributed by atoms with van der Waals surface area (Å²) in [5, 5.41) is 11.8. The zero-order valence-corrected chi connectivity index (χ0v) is 10.3. The first-order valence-electron chi connectivity index (χ1n) is 5.90. The van der Waals surface area contributed by atoms with Crippen LogP contribution in [0, 0.1) is 12.3 Å². The second-order valence-electron chi connectivity index (χ2n) is 4.31. The standard InChI is InChI=1S/C14H14N2O3/c1-2-7-15-13(17)9-16-8-11(14(18)19)10-5-3-4-6-12(10)16/h1,3-6,11H,7-9H2,(H,15,17)(H,18,19). The van der Waals surface area contributed by atoms with E-state index in [0.717, 1.165) is 11.3 Å². The summed E-state index contributed by atoms with van der Waals surface area (Å²) in [7, 11) is 0. The Hall–Kier alpha value is -2.48. The summed E-state index contributed by atoms with van der Waals surface area (Å²) in [5.74, 6) is 0.653. The minimum Gasteiger partial charge on any atom is -0.481 e. The van der Waals surface area contributed by atoms with Gasteiger partial charge in [-0.25, -0.2) is 0 Å². The van der Waals surface area contributed by atoms with Gasteiger partial charge < -0.3 is 15.3 Å². The molecule has 5 heteroatoms. The van der Waals surface area contributed by atoms with E-state index in [4.69, 9.17) is 6.42 Å². The fourth-order valence-corrected chi connectivity index (χ4v) is 2.23. The van der Waals surface area contributed by atoms with Crippen molar-refractivity contribution in [2.24, 2.45) is 0 Å². The average molecular weight is 258 g/mol. The van der Waals surface area contributed by atoms with Gasteiger partial charge in [-0.15, -0.1) is 6.42 Å². The van der Waals surface area contributed by atoms with Crippen molar-refractivity contribution >= 4 is 17.6 Å². The summed E-state index contributed by atoms with van der Waals surface area (Å²) >= 11 is 0. The van der Waals surface area contributed by atoms with E-state index in [1.54, 1.807) is 17.0 Å². The molecule has 0 aromatic heterocycles. The second kappa shape index (κ2) is 5.44. The maximum absolute atomic E-state index is 11.6. The Morgan fingerprint density at radius 2 is 2.21 bits per heavy atom. The van der Waals surface area contributed by atoms with E-state index in [1.807, 2.05) is 12.1 Å². The molecular weight excluding hydrogens is 244 g/mol. The molecule has 0 saturated heterocycles. The van der Waals surface area contributed by atoms with Crippen LogP contribution in [-0.4, -0.2) is 36.6 Å². The van der Waals surface area contributed by atoms with Gasteiger partial charge in [0.1, 0.15) is 5.92 Å². The van der Waals surface area contributed by atoms with Gasteiger partial charge in [0, 0.05) is 12.2 Å². The van der Waals surface area contributed by atoms with Crippen molar-refractivity contribution in [3.8, 4) is 12.3 Å². The zero-order valence-electron chi connectivity index (χ0n) is 10.3. The lowest BCUT2D eigenvalue weighted by atomic mass is 10.0. The van der Waals surface area contributed by atoms with Gasteiger partial charge in [-0.1, -0.05) is 24.1 Å². The Bertz CT molecular complexity index is 548. The molecule has 0 radical (unpaired) electrons. The van der Waals surface area contributed by atoms with Crippen molar-refractivity contribution in [2.75, 3.05) is 24.5 Å². The molecule has 1 aliphatic rings. The van der Waals surface area contributed by atoms with Crippen LogP contribution in [0.15, 0.2) is 24.3 Å². The van der Waals surface area contributed by atoms with Gasteiger partial charge in [-0.05, 0) is 11.6 Å². The number of amides is 1. The third kappa shape index (κ3) is 2.68. The molecule has 5 nitrogen and oxygen atoms in total. The summed E-state index contributed by atoms with van der Waals surface area (Å²) in [6.45, 7) is 0.595. The maximum atomic E-state index is 11.6. The number of fused-ring (bicyclic) bond motifs is 1. The van der Waals surface area contributed by atoms with Crippen molar-refractivity contribution in [1.29, 1.82) is 0 Å². The molecule has 0 fully saturated rings. The predicted octanol–water partition coefficient (Wildman–Crippen LogP) is 0.424. The Kier molecular flexibility index (Phi) is 3.71. The largest absolute Gasteiger partial charge is 0.481 e. The highest BCUT2D eigenvalue weighted by molar-refractivity contribution is 5.87. The van der Waals surface area contributed by atoms with Crippen LogP contribution >= 0.6 is 0 Å². The number of benzene rings is 1. The number of carboxylic acids is 1. The number of nitrogens with zero attached hydrogens (tertiary/aromatic N) is 1. The number of carboxylic acid groups (broad SMARTS) is 1. The normalized spacial score (nSPS) is 16.6. The van der Waals surface area contributed by atoms with Crippen molar-refractivity contribution < 1.29 is 14.7 Å². The van der Waals surface area contributed by atoms with E-state index in [0.29, 0.717) is 6.54 Å². The SMILES string of the molecule is C#CCNC(=O)CN1CC(C(=O)O)c2ccccc21. The molecule has 1 heterocycles. The number of carbonyl (C=O) groups is 2. The first kappa shape index (κ1) is 13.0. The Balaban J connectivity index is 2.14. The van der Waals surface area contributed by atoms with Gasteiger partial charge in [0.25, 0.3) is 0 Å². The minimum absolute atomic E-state index is 0.114. The predicted molar refractivity (Wildman–Crippen MR) is 70.9 cm³/mol. The topological polar surface area (TPSA) is 69.6 Å². The van der Waals surface area contributed by atoms with E-state index >= 15 is 0 Å². The van der Waals surface area contributed by atoms with E-state index in [9.17, 15) is 14.7 Å². The highest BCUT2D eigenvalue weighted by Crippen LogP contribution is 2.35. The van der Waals surface area contributed by atoms with Gasteiger partial charge in [-0.2, -0.15) is 0 Å². The first-order valence-corrected chi connectivity index (χ1v) is 5.90. The molecule has 98 valence electrons. The second-order valence-corrected chi connectivity index (χ2v) is 4.31. The van der Waals surface area contributed by atoms with Gasteiger partial charge in [-0.3, -0.25) is 9.59 Å². The molecule has 2 N–H and O–H groups in total. The molecule has 0 spiro atoms. The smallest absolute Gasteiger partial charge is 0.312 e. The molecule has 0 bridgehead atoms. The fourth-order valence-electron chi connectivity index (χ4n) is 2.23. The average Bonchev–Trinajstić information content (AvgIpc) is 2.76. The van der Waals surface area contributed by atoms with Crippen LogP contribution in [0.3, 0.4) is 0 Å². The summed E-state index contributed by atoms with van der Waals surface area (Å²) in [6.07, 6.45) is 5.07. The summed E-state index contributed by atoms with van der Waals surface area (Å²) in [4.78, 5) is 24.6. The quantitative estimate of drug-likeness (QED) is 0.768. The van der Waals surface area contributed by atoms with E-state index in [1.165, 1.54) is 0 Å². The number of para-hydroxylation sites is 1. The van der Waals surface area contributed by atoms with Crippen LogP contribution in [0.2, 0.25) is 0 Å². The first-order chi connectivity index (χ1) is 9.13. The molecule has 2 rings (SSSR count). The number of nitrogens with one attached hydrogen (secondary N) is 1. The summed E-state index contributed by atoms with van der Waals surface area (Å²) < 4.78 is 0. The number of aliphatic carboxylic acids is 1. The number of rotatable bonds is 4. The van der Waals surface area contributed by atoms with Crippen LogP contribution in [0.5, 0.6) is 0 Å². The highest BCUT2D eigenvalue weighted by atomic mass is 16.4.